The highest BCUT2D eigenvalue weighted by Crippen LogP contribution is 2.34. The van der Waals surface area contributed by atoms with Crippen molar-refractivity contribution in [2.75, 3.05) is 51.8 Å². The minimum Gasteiger partial charge on any atom is -0.384 e. The summed E-state index contributed by atoms with van der Waals surface area (Å²) >= 11 is 1.62. The quantitative estimate of drug-likeness (QED) is 0.272. The molecule has 0 unspecified atom stereocenters. The van der Waals surface area contributed by atoms with E-state index in [9.17, 15) is 9.59 Å². The van der Waals surface area contributed by atoms with Crippen molar-refractivity contribution >= 4 is 45.3 Å². The van der Waals surface area contributed by atoms with Crippen LogP contribution in [0, 0.1) is 5.41 Å². The lowest BCUT2D eigenvalue weighted by molar-refractivity contribution is -0.133. The van der Waals surface area contributed by atoms with E-state index < -0.39 is 5.41 Å². The Balaban J connectivity index is 1.12. The van der Waals surface area contributed by atoms with Crippen LogP contribution in [0.4, 0.5) is 5.69 Å². The van der Waals surface area contributed by atoms with Crippen LogP contribution in [0.5, 0.6) is 0 Å². The van der Waals surface area contributed by atoms with Crippen molar-refractivity contribution in [2.24, 2.45) is 11.1 Å². The molecule has 1 aromatic carbocycles. The Hall–Kier alpha value is -3.97. The molecule has 11 nitrogen and oxygen atoms in total. The van der Waals surface area contributed by atoms with Gasteiger partial charge in [-0.1, -0.05) is 6.08 Å². The van der Waals surface area contributed by atoms with E-state index >= 15 is 0 Å². The van der Waals surface area contributed by atoms with Gasteiger partial charge in [0.2, 0.25) is 11.8 Å². The van der Waals surface area contributed by atoms with E-state index in [1.165, 1.54) is 5.57 Å². The molecule has 2 aliphatic heterocycles. The number of carbonyl (C=O) groups is 2. The molecule has 4 N–H and O–H groups in total. The summed E-state index contributed by atoms with van der Waals surface area (Å²) in [5, 5.41) is 14.6. The summed E-state index contributed by atoms with van der Waals surface area (Å²) in [5.41, 5.74) is 10.2. The van der Waals surface area contributed by atoms with Gasteiger partial charge in [0.05, 0.1) is 29.8 Å². The average molecular weight is 587 g/mol. The van der Waals surface area contributed by atoms with E-state index in [4.69, 9.17) is 10.5 Å². The van der Waals surface area contributed by atoms with Crippen molar-refractivity contribution in [1.82, 2.24) is 30.0 Å². The van der Waals surface area contributed by atoms with Crippen LogP contribution in [0.1, 0.15) is 23.5 Å². The second-order valence-corrected chi connectivity index (χ2v) is 11.8. The summed E-state index contributed by atoms with van der Waals surface area (Å²) in [7, 11) is 1.61. The third-order valence-corrected chi connectivity index (χ3v) is 8.93. The standard InChI is InChI=1S/C30H34N8O3S/c1-41-19-30(7-12-37(18-30)17-26(39)38-10-5-20(6-11-38)28-33-9-13-42-28)29(40)34-22-2-3-25-24(15-22)27(36-35-25)21-4-8-32-23(14-21)16-31/h2-5,8-9,13-15H,6-7,10-12,16-19,31H2,1H3,(H,34,40)(H,35,36)/t30-/m1/s1. The Morgan fingerprint density at radius 1 is 1.19 bits per heavy atom. The first-order valence-corrected chi connectivity index (χ1v) is 14.9. The first-order chi connectivity index (χ1) is 20.5. The predicted molar refractivity (Wildman–Crippen MR) is 162 cm³/mol. The number of hydrogen-bond acceptors (Lipinski definition) is 9. The van der Waals surface area contributed by atoms with Crippen LogP contribution in [0.15, 0.2) is 54.2 Å². The fraction of sp³-hybridized carbons (Fsp3) is 0.367. The van der Waals surface area contributed by atoms with Gasteiger partial charge >= 0.3 is 0 Å². The van der Waals surface area contributed by atoms with E-state index in [0.717, 1.165) is 39.3 Å². The fourth-order valence-electron chi connectivity index (χ4n) is 5.81. The zero-order valence-electron chi connectivity index (χ0n) is 23.5. The van der Waals surface area contributed by atoms with Crippen molar-refractivity contribution in [3.63, 3.8) is 0 Å². The van der Waals surface area contributed by atoms with Crippen molar-refractivity contribution < 1.29 is 14.3 Å². The molecule has 0 aliphatic carbocycles. The summed E-state index contributed by atoms with van der Waals surface area (Å²) < 4.78 is 5.53. The Kier molecular flexibility index (Phi) is 8.11. The summed E-state index contributed by atoms with van der Waals surface area (Å²) in [5.74, 6) is -0.0445. The number of benzene rings is 1. The van der Waals surface area contributed by atoms with Crippen LogP contribution in [0.2, 0.25) is 0 Å². The Morgan fingerprint density at radius 2 is 2.10 bits per heavy atom. The lowest BCUT2D eigenvalue weighted by Gasteiger charge is -2.29. The van der Waals surface area contributed by atoms with Gasteiger partial charge in [-0.25, -0.2) is 4.98 Å². The zero-order valence-corrected chi connectivity index (χ0v) is 24.3. The van der Waals surface area contributed by atoms with Crippen LogP contribution in [-0.4, -0.2) is 88.2 Å². The number of fused-ring (bicyclic) bond motifs is 1. The molecule has 1 saturated heterocycles. The SMILES string of the molecule is COC[C@@]1(C(=O)Nc2ccc3[nH]nc(-c4ccnc(CN)c4)c3c2)CCN(CC(=O)N2CC=C(c3nccs3)CC2)C1. The van der Waals surface area contributed by atoms with E-state index in [1.807, 2.05) is 46.8 Å². The number of H-pyrrole nitrogens is 1. The molecule has 1 atom stereocenters. The van der Waals surface area contributed by atoms with Crippen molar-refractivity contribution in [2.45, 2.75) is 19.4 Å². The summed E-state index contributed by atoms with van der Waals surface area (Å²) in [4.78, 5) is 39.5. The number of ether oxygens (including phenoxy) is 1. The zero-order chi connectivity index (χ0) is 29.1. The van der Waals surface area contributed by atoms with E-state index in [2.05, 4.69) is 36.5 Å². The number of likely N-dealkylation sites (tertiary alicyclic amines) is 1. The highest BCUT2D eigenvalue weighted by atomic mass is 32.1. The largest absolute Gasteiger partial charge is 0.384 e. The number of carbonyl (C=O) groups excluding carboxylic acids is 2. The lowest BCUT2D eigenvalue weighted by Crippen LogP contribution is -2.45. The molecule has 0 spiro atoms. The van der Waals surface area contributed by atoms with Crippen LogP contribution in [0.25, 0.3) is 27.7 Å². The van der Waals surface area contributed by atoms with Gasteiger partial charge in [-0.3, -0.25) is 24.6 Å². The molecule has 0 saturated carbocycles. The monoisotopic (exact) mass is 586 g/mol. The number of methoxy groups -OCH3 is 1. The molecule has 12 heteroatoms. The Labute approximate surface area is 247 Å². The number of hydrogen-bond donors (Lipinski definition) is 3. The predicted octanol–water partition coefficient (Wildman–Crippen LogP) is 3.13. The number of aromatic amines is 1. The first kappa shape index (κ1) is 28.2. The van der Waals surface area contributed by atoms with Gasteiger partial charge in [0, 0.05) is 67.7 Å². The van der Waals surface area contributed by atoms with Crippen LogP contribution < -0.4 is 11.1 Å². The summed E-state index contributed by atoms with van der Waals surface area (Å²) in [6.07, 6.45) is 7.03. The van der Waals surface area contributed by atoms with Crippen LogP contribution in [-0.2, 0) is 20.9 Å². The molecular formula is C30H34N8O3S. The fourth-order valence-corrected chi connectivity index (χ4v) is 6.52. The Morgan fingerprint density at radius 3 is 2.86 bits per heavy atom. The van der Waals surface area contributed by atoms with Crippen molar-refractivity contribution in [3.8, 4) is 11.3 Å². The van der Waals surface area contributed by atoms with Crippen molar-refractivity contribution in [1.29, 1.82) is 0 Å². The highest BCUT2D eigenvalue weighted by Gasteiger charge is 2.45. The van der Waals surface area contributed by atoms with E-state index in [0.29, 0.717) is 44.8 Å². The van der Waals surface area contributed by atoms with Gasteiger partial charge in [0.15, 0.2) is 0 Å². The maximum Gasteiger partial charge on any atom is 0.237 e. The average Bonchev–Trinajstić information content (AvgIpc) is 3.78. The maximum absolute atomic E-state index is 13.7. The van der Waals surface area contributed by atoms with E-state index in [1.54, 1.807) is 24.6 Å². The summed E-state index contributed by atoms with van der Waals surface area (Å²) in [6.45, 7) is 3.23. The van der Waals surface area contributed by atoms with Crippen LogP contribution >= 0.6 is 11.3 Å². The van der Waals surface area contributed by atoms with Gasteiger partial charge in [-0.05, 0) is 55.3 Å². The van der Waals surface area contributed by atoms with Gasteiger partial charge < -0.3 is 20.7 Å². The molecular weight excluding hydrogens is 552 g/mol. The Bertz CT molecular complexity index is 1620. The minimum atomic E-state index is -0.760. The maximum atomic E-state index is 13.7. The van der Waals surface area contributed by atoms with Gasteiger partial charge in [0.25, 0.3) is 0 Å². The number of amides is 2. The molecule has 5 heterocycles. The highest BCUT2D eigenvalue weighted by molar-refractivity contribution is 7.10. The molecule has 0 bridgehead atoms. The topological polar surface area (TPSA) is 142 Å². The second-order valence-electron chi connectivity index (χ2n) is 10.9. The van der Waals surface area contributed by atoms with Crippen molar-refractivity contribution in [3.05, 3.63) is 64.9 Å². The molecule has 1 fully saturated rings. The minimum absolute atomic E-state index is 0.0740. The van der Waals surface area contributed by atoms with Gasteiger partial charge in [-0.2, -0.15) is 5.10 Å². The molecule has 0 radical (unpaired) electrons. The number of nitrogens with zero attached hydrogens (tertiary/aromatic N) is 5. The number of nitrogens with one attached hydrogen (secondary N) is 2. The number of nitrogens with two attached hydrogens (primary N) is 1. The molecule has 42 heavy (non-hydrogen) atoms. The number of aromatic nitrogens is 4. The summed E-state index contributed by atoms with van der Waals surface area (Å²) in [6, 6.07) is 9.50. The smallest absolute Gasteiger partial charge is 0.237 e. The molecule has 4 aromatic rings. The van der Waals surface area contributed by atoms with Gasteiger partial charge in [-0.15, -0.1) is 11.3 Å². The molecule has 218 valence electrons. The molecule has 2 aliphatic rings. The number of anilines is 1. The van der Waals surface area contributed by atoms with E-state index in [-0.39, 0.29) is 25.0 Å². The third-order valence-electron chi connectivity index (χ3n) is 8.08. The number of thiazole rings is 1. The second kappa shape index (κ2) is 12.1. The van der Waals surface area contributed by atoms with Gasteiger partial charge in [0.1, 0.15) is 10.7 Å². The van der Waals surface area contributed by atoms with Crippen LogP contribution in [0.3, 0.4) is 0 Å². The normalized spacial score (nSPS) is 19.3. The molecule has 6 rings (SSSR count). The molecule has 3 aromatic heterocycles. The number of rotatable bonds is 9. The third kappa shape index (κ3) is 5.71. The number of pyridine rings is 1. The molecule has 2 amide bonds. The lowest BCUT2D eigenvalue weighted by atomic mass is 9.87. The first-order valence-electron chi connectivity index (χ1n) is 14.0.